The first-order valence-electron chi connectivity index (χ1n) is 7.08. The second-order valence-corrected chi connectivity index (χ2v) is 5.41. The summed E-state index contributed by atoms with van der Waals surface area (Å²) in [5.41, 5.74) is 4.76. The lowest BCUT2D eigenvalue weighted by molar-refractivity contribution is 0.0993. The Morgan fingerprint density at radius 2 is 1.81 bits per heavy atom. The summed E-state index contributed by atoms with van der Waals surface area (Å²) in [5, 5.41) is 1.08. The van der Waals surface area contributed by atoms with E-state index in [4.69, 9.17) is 0 Å². The van der Waals surface area contributed by atoms with Crippen LogP contribution in [0.3, 0.4) is 0 Å². The second-order valence-electron chi connectivity index (χ2n) is 5.41. The van der Waals surface area contributed by atoms with Crippen molar-refractivity contribution >= 4 is 16.7 Å². The standard InChI is InChI=1S/C19H17NO/c1-13-5-3-7-16(11-13)18(21)12-17-8-4-6-15-10-9-14(2)20-19(15)17/h3-11H,12H2,1-2H3. The van der Waals surface area contributed by atoms with Gasteiger partial charge in [0.2, 0.25) is 0 Å². The van der Waals surface area contributed by atoms with Crippen molar-refractivity contribution < 1.29 is 4.79 Å². The Hall–Kier alpha value is -2.48. The molecule has 104 valence electrons. The maximum absolute atomic E-state index is 12.5. The number of para-hydroxylation sites is 1. The topological polar surface area (TPSA) is 30.0 Å². The van der Waals surface area contributed by atoms with Gasteiger partial charge in [-0.05, 0) is 31.5 Å². The summed E-state index contributed by atoms with van der Waals surface area (Å²) >= 11 is 0. The lowest BCUT2D eigenvalue weighted by Gasteiger charge is -2.07. The first-order valence-corrected chi connectivity index (χ1v) is 7.08. The Morgan fingerprint density at radius 1 is 1.00 bits per heavy atom. The van der Waals surface area contributed by atoms with Gasteiger partial charge in [-0.15, -0.1) is 0 Å². The molecule has 2 aromatic carbocycles. The molecule has 0 bridgehead atoms. The predicted molar refractivity (Wildman–Crippen MR) is 85.7 cm³/mol. The van der Waals surface area contributed by atoms with Gasteiger partial charge in [-0.1, -0.05) is 48.0 Å². The van der Waals surface area contributed by atoms with Crippen LogP contribution in [0.1, 0.15) is 27.2 Å². The molecule has 0 saturated heterocycles. The number of fused-ring (bicyclic) bond motifs is 1. The third kappa shape index (κ3) is 2.84. The minimum absolute atomic E-state index is 0.134. The average Bonchev–Trinajstić information content (AvgIpc) is 2.48. The van der Waals surface area contributed by atoms with Gasteiger partial charge in [0.15, 0.2) is 5.78 Å². The Balaban J connectivity index is 1.98. The first kappa shape index (κ1) is 13.5. The summed E-state index contributed by atoms with van der Waals surface area (Å²) < 4.78 is 0. The molecular formula is C19H17NO. The van der Waals surface area contributed by atoms with Gasteiger partial charge < -0.3 is 0 Å². The quantitative estimate of drug-likeness (QED) is 0.668. The van der Waals surface area contributed by atoms with Crippen LogP contribution < -0.4 is 0 Å². The van der Waals surface area contributed by atoms with Crippen molar-refractivity contribution in [1.82, 2.24) is 4.98 Å². The third-order valence-corrected chi connectivity index (χ3v) is 3.63. The molecule has 1 heterocycles. The van der Waals surface area contributed by atoms with E-state index in [1.54, 1.807) is 0 Å². The highest BCUT2D eigenvalue weighted by Crippen LogP contribution is 2.19. The van der Waals surface area contributed by atoms with Crippen LogP contribution in [0, 0.1) is 13.8 Å². The fraction of sp³-hybridized carbons (Fsp3) is 0.158. The van der Waals surface area contributed by atoms with E-state index < -0.39 is 0 Å². The summed E-state index contributed by atoms with van der Waals surface area (Å²) in [6.45, 7) is 3.97. The smallest absolute Gasteiger partial charge is 0.167 e. The van der Waals surface area contributed by atoms with Gasteiger partial charge in [-0.3, -0.25) is 9.78 Å². The number of aryl methyl sites for hydroxylation is 2. The third-order valence-electron chi connectivity index (χ3n) is 3.63. The van der Waals surface area contributed by atoms with Crippen molar-refractivity contribution in [2.24, 2.45) is 0 Å². The lowest BCUT2D eigenvalue weighted by atomic mass is 9.99. The van der Waals surface area contributed by atoms with Crippen LogP contribution in [-0.2, 0) is 6.42 Å². The number of ketones is 1. The van der Waals surface area contributed by atoms with Crippen molar-refractivity contribution in [3.05, 3.63) is 77.0 Å². The number of hydrogen-bond acceptors (Lipinski definition) is 2. The minimum Gasteiger partial charge on any atom is -0.294 e. The predicted octanol–water partition coefficient (Wildman–Crippen LogP) is 4.28. The second kappa shape index (κ2) is 5.49. The number of rotatable bonds is 3. The Kier molecular flexibility index (Phi) is 3.53. The molecular weight excluding hydrogens is 258 g/mol. The number of pyridine rings is 1. The highest BCUT2D eigenvalue weighted by molar-refractivity contribution is 5.99. The Morgan fingerprint density at radius 3 is 2.62 bits per heavy atom. The van der Waals surface area contributed by atoms with Crippen LogP contribution in [0.4, 0.5) is 0 Å². The number of hydrogen-bond donors (Lipinski definition) is 0. The van der Waals surface area contributed by atoms with E-state index in [-0.39, 0.29) is 5.78 Å². The van der Waals surface area contributed by atoms with Gasteiger partial charge in [0.1, 0.15) is 0 Å². The number of aromatic nitrogens is 1. The zero-order valence-electron chi connectivity index (χ0n) is 12.3. The molecule has 21 heavy (non-hydrogen) atoms. The summed E-state index contributed by atoms with van der Waals surface area (Å²) in [6.07, 6.45) is 0.386. The monoisotopic (exact) mass is 275 g/mol. The average molecular weight is 275 g/mol. The normalized spacial score (nSPS) is 10.8. The van der Waals surface area contributed by atoms with Crippen molar-refractivity contribution in [2.75, 3.05) is 0 Å². The highest BCUT2D eigenvalue weighted by atomic mass is 16.1. The van der Waals surface area contributed by atoms with E-state index >= 15 is 0 Å². The molecule has 3 aromatic rings. The van der Waals surface area contributed by atoms with Gasteiger partial charge in [-0.25, -0.2) is 0 Å². The zero-order valence-corrected chi connectivity index (χ0v) is 12.3. The maximum atomic E-state index is 12.5. The fourth-order valence-corrected chi connectivity index (χ4v) is 2.54. The van der Waals surface area contributed by atoms with Gasteiger partial charge in [0.25, 0.3) is 0 Å². The molecule has 0 spiro atoms. The van der Waals surface area contributed by atoms with Crippen LogP contribution in [0.2, 0.25) is 0 Å². The van der Waals surface area contributed by atoms with Crippen molar-refractivity contribution in [2.45, 2.75) is 20.3 Å². The molecule has 0 N–H and O–H groups in total. The van der Waals surface area contributed by atoms with Crippen molar-refractivity contribution in [3.63, 3.8) is 0 Å². The maximum Gasteiger partial charge on any atom is 0.167 e. The Bertz CT molecular complexity index is 821. The van der Waals surface area contributed by atoms with E-state index in [1.165, 1.54) is 0 Å². The van der Waals surface area contributed by atoms with E-state index in [0.717, 1.165) is 33.3 Å². The molecule has 0 amide bonds. The molecule has 0 fully saturated rings. The molecule has 0 aliphatic rings. The number of nitrogens with zero attached hydrogens (tertiary/aromatic N) is 1. The van der Waals surface area contributed by atoms with Gasteiger partial charge in [0.05, 0.1) is 5.52 Å². The molecule has 2 heteroatoms. The molecule has 0 aliphatic heterocycles. The molecule has 0 aliphatic carbocycles. The summed E-state index contributed by atoms with van der Waals surface area (Å²) in [6, 6.07) is 17.8. The molecule has 0 unspecified atom stereocenters. The van der Waals surface area contributed by atoms with Gasteiger partial charge in [0, 0.05) is 23.1 Å². The first-order chi connectivity index (χ1) is 10.1. The number of carbonyl (C=O) groups is 1. The van der Waals surface area contributed by atoms with Crippen LogP contribution in [0.25, 0.3) is 10.9 Å². The molecule has 2 nitrogen and oxygen atoms in total. The van der Waals surface area contributed by atoms with Crippen LogP contribution in [-0.4, -0.2) is 10.8 Å². The largest absolute Gasteiger partial charge is 0.294 e. The summed E-state index contributed by atoms with van der Waals surface area (Å²) in [5.74, 6) is 0.134. The molecule has 0 atom stereocenters. The van der Waals surface area contributed by atoms with E-state index in [0.29, 0.717) is 6.42 Å². The van der Waals surface area contributed by atoms with Gasteiger partial charge in [-0.2, -0.15) is 0 Å². The molecule has 0 radical (unpaired) electrons. The summed E-state index contributed by atoms with van der Waals surface area (Å²) in [4.78, 5) is 17.1. The zero-order chi connectivity index (χ0) is 14.8. The molecule has 3 rings (SSSR count). The van der Waals surface area contributed by atoms with Crippen LogP contribution in [0.15, 0.2) is 54.6 Å². The summed E-state index contributed by atoms with van der Waals surface area (Å²) in [7, 11) is 0. The van der Waals surface area contributed by atoms with Crippen LogP contribution in [0.5, 0.6) is 0 Å². The number of benzene rings is 2. The van der Waals surface area contributed by atoms with Crippen LogP contribution >= 0.6 is 0 Å². The fourth-order valence-electron chi connectivity index (χ4n) is 2.54. The Labute approximate surface area is 124 Å². The lowest BCUT2D eigenvalue weighted by Crippen LogP contribution is -2.05. The number of carbonyl (C=O) groups excluding carboxylic acids is 1. The van der Waals surface area contributed by atoms with Crippen molar-refractivity contribution in [1.29, 1.82) is 0 Å². The van der Waals surface area contributed by atoms with E-state index in [1.807, 2.05) is 62.4 Å². The molecule has 0 saturated carbocycles. The number of Topliss-reactive ketones (excluding diaryl/α,β-unsaturated/α-hetero) is 1. The van der Waals surface area contributed by atoms with Gasteiger partial charge >= 0.3 is 0 Å². The van der Waals surface area contributed by atoms with Crippen molar-refractivity contribution in [3.8, 4) is 0 Å². The highest BCUT2D eigenvalue weighted by Gasteiger charge is 2.10. The minimum atomic E-state index is 0.134. The van der Waals surface area contributed by atoms with E-state index in [9.17, 15) is 4.79 Å². The van der Waals surface area contributed by atoms with E-state index in [2.05, 4.69) is 11.1 Å². The SMILES string of the molecule is Cc1cccc(C(=O)Cc2cccc3ccc(C)nc23)c1. The molecule has 1 aromatic heterocycles.